The van der Waals surface area contributed by atoms with Crippen molar-refractivity contribution in [1.29, 1.82) is 0 Å². The van der Waals surface area contributed by atoms with E-state index in [-0.39, 0.29) is 16.7 Å². The lowest BCUT2D eigenvalue weighted by Crippen LogP contribution is -2.41. The third-order valence-electron chi connectivity index (χ3n) is 4.34. The molecule has 1 aromatic heterocycles. The maximum Gasteiger partial charge on any atom is 0.284 e. The minimum atomic E-state index is -3.49. The van der Waals surface area contributed by atoms with Gasteiger partial charge in [-0.1, -0.05) is 6.42 Å². The molecule has 3 rings (SSSR count). The van der Waals surface area contributed by atoms with Crippen LogP contribution in [0.5, 0.6) is 0 Å². The van der Waals surface area contributed by atoms with E-state index in [2.05, 4.69) is 0 Å². The van der Waals surface area contributed by atoms with Crippen molar-refractivity contribution in [3.05, 3.63) is 42.2 Å². The summed E-state index contributed by atoms with van der Waals surface area (Å²) >= 11 is 0. The van der Waals surface area contributed by atoms with Gasteiger partial charge < -0.3 is 10.2 Å². The van der Waals surface area contributed by atoms with Crippen molar-refractivity contribution in [2.75, 3.05) is 6.54 Å². The number of carbonyl (C=O) groups excluding carboxylic acids is 1. The van der Waals surface area contributed by atoms with Crippen LogP contribution in [0.2, 0.25) is 0 Å². The molecule has 0 unspecified atom stereocenters. The molecule has 0 spiro atoms. The molecule has 1 aliphatic heterocycles. The predicted octanol–water partition coefficient (Wildman–Crippen LogP) is 2.61. The number of benzene rings is 1. The van der Waals surface area contributed by atoms with E-state index >= 15 is 0 Å². The molecule has 0 radical (unpaired) electrons. The first-order valence-corrected chi connectivity index (χ1v) is 9.35. The molecule has 7 heteroatoms. The third kappa shape index (κ3) is 3.09. The highest BCUT2D eigenvalue weighted by Gasteiger charge is 2.30. The zero-order valence-corrected chi connectivity index (χ0v) is 14.3. The van der Waals surface area contributed by atoms with E-state index in [0.29, 0.717) is 17.9 Å². The van der Waals surface area contributed by atoms with Crippen LogP contribution in [0.1, 0.15) is 36.7 Å². The topological polar surface area (TPSA) is 93.6 Å². The van der Waals surface area contributed by atoms with Crippen LogP contribution < -0.4 is 5.73 Å². The van der Waals surface area contributed by atoms with Gasteiger partial charge in [-0.05, 0) is 56.2 Å². The number of sulfonamides is 1. The molecule has 1 aromatic carbocycles. The summed E-state index contributed by atoms with van der Waals surface area (Å²) in [5.41, 5.74) is 5.85. The Morgan fingerprint density at radius 2 is 1.88 bits per heavy atom. The summed E-state index contributed by atoms with van der Waals surface area (Å²) < 4.78 is 32.5. The van der Waals surface area contributed by atoms with Crippen LogP contribution in [0.3, 0.4) is 0 Å². The summed E-state index contributed by atoms with van der Waals surface area (Å²) in [6.45, 7) is 2.50. The lowest BCUT2D eigenvalue weighted by Gasteiger charge is -2.32. The number of furan rings is 1. The van der Waals surface area contributed by atoms with Crippen LogP contribution >= 0.6 is 0 Å². The summed E-state index contributed by atoms with van der Waals surface area (Å²) in [7, 11) is -3.49. The Morgan fingerprint density at radius 1 is 1.17 bits per heavy atom. The Bertz CT molecular complexity index is 840. The van der Waals surface area contributed by atoms with Crippen LogP contribution in [0.15, 0.2) is 45.7 Å². The maximum absolute atomic E-state index is 12.8. The quantitative estimate of drug-likeness (QED) is 0.919. The van der Waals surface area contributed by atoms with Gasteiger partial charge in [0, 0.05) is 18.2 Å². The lowest BCUT2D eigenvalue weighted by atomic mass is 10.1. The Hall–Kier alpha value is -2.12. The summed E-state index contributed by atoms with van der Waals surface area (Å²) in [6, 6.07) is 9.63. The Labute approximate surface area is 141 Å². The van der Waals surface area contributed by atoms with Crippen molar-refractivity contribution < 1.29 is 17.6 Å². The summed E-state index contributed by atoms with van der Waals surface area (Å²) in [5.74, 6) is -0.0949. The number of nitrogens with two attached hydrogens (primary N) is 1. The van der Waals surface area contributed by atoms with E-state index in [9.17, 15) is 13.2 Å². The van der Waals surface area contributed by atoms with Gasteiger partial charge in [0.05, 0.1) is 4.90 Å². The number of nitrogens with zero attached hydrogens (tertiary/aromatic N) is 1. The normalized spacial score (nSPS) is 19.3. The van der Waals surface area contributed by atoms with E-state index in [4.69, 9.17) is 10.2 Å². The van der Waals surface area contributed by atoms with Crippen molar-refractivity contribution >= 4 is 15.9 Å². The second kappa shape index (κ2) is 6.41. The number of rotatable bonds is 4. The molecule has 0 aliphatic carbocycles. The standard InChI is InChI=1S/C17H20N2O4S/c1-12-4-2-3-11-19(12)24(21,22)14-7-5-13(6-8-14)15-9-10-16(23-15)17(18)20/h5-10,12H,2-4,11H2,1H3,(H2,18,20)/t12-/m0/s1. The largest absolute Gasteiger partial charge is 0.451 e. The van der Waals surface area contributed by atoms with E-state index in [1.54, 1.807) is 34.6 Å². The van der Waals surface area contributed by atoms with Gasteiger partial charge in [-0.2, -0.15) is 4.31 Å². The number of piperidine rings is 1. The Balaban J connectivity index is 1.86. The molecule has 2 aromatic rings. The van der Waals surface area contributed by atoms with Crippen LogP contribution in [-0.2, 0) is 10.0 Å². The van der Waals surface area contributed by atoms with Crippen molar-refractivity contribution in [1.82, 2.24) is 4.31 Å². The zero-order chi connectivity index (χ0) is 17.3. The number of hydrogen-bond acceptors (Lipinski definition) is 4. The molecular formula is C17H20N2O4S. The first-order valence-electron chi connectivity index (χ1n) is 7.91. The highest BCUT2D eigenvalue weighted by molar-refractivity contribution is 7.89. The summed E-state index contributed by atoms with van der Waals surface area (Å²) in [5, 5.41) is 0. The lowest BCUT2D eigenvalue weighted by molar-refractivity contribution is 0.0974. The molecule has 1 atom stereocenters. The minimum Gasteiger partial charge on any atom is -0.451 e. The molecule has 24 heavy (non-hydrogen) atoms. The smallest absolute Gasteiger partial charge is 0.284 e. The van der Waals surface area contributed by atoms with Gasteiger partial charge in [0.1, 0.15) is 5.76 Å². The Kier molecular flexibility index (Phi) is 4.47. The van der Waals surface area contributed by atoms with Crippen LogP contribution in [0.25, 0.3) is 11.3 Å². The summed E-state index contributed by atoms with van der Waals surface area (Å²) in [6.07, 6.45) is 2.84. The number of amides is 1. The second-order valence-corrected chi connectivity index (χ2v) is 7.90. The monoisotopic (exact) mass is 348 g/mol. The fourth-order valence-corrected chi connectivity index (χ4v) is 4.68. The second-order valence-electron chi connectivity index (χ2n) is 6.01. The van der Waals surface area contributed by atoms with Gasteiger partial charge in [0.2, 0.25) is 10.0 Å². The highest BCUT2D eigenvalue weighted by Crippen LogP contribution is 2.28. The number of carbonyl (C=O) groups is 1. The SMILES string of the molecule is C[C@H]1CCCCN1S(=O)(=O)c1ccc(-c2ccc(C(N)=O)o2)cc1. The van der Waals surface area contributed by atoms with Gasteiger partial charge in [0.15, 0.2) is 5.76 Å². The van der Waals surface area contributed by atoms with Gasteiger partial charge in [-0.3, -0.25) is 4.79 Å². The summed E-state index contributed by atoms with van der Waals surface area (Å²) in [4.78, 5) is 11.3. The molecule has 1 amide bonds. The fraction of sp³-hybridized carbons (Fsp3) is 0.353. The van der Waals surface area contributed by atoms with Crippen molar-refractivity contribution in [3.63, 3.8) is 0 Å². The van der Waals surface area contributed by atoms with E-state index < -0.39 is 15.9 Å². The van der Waals surface area contributed by atoms with Gasteiger partial charge in [-0.15, -0.1) is 0 Å². The van der Waals surface area contributed by atoms with Crippen LogP contribution in [0, 0.1) is 0 Å². The third-order valence-corrected chi connectivity index (χ3v) is 6.36. The molecule has 2 heterocycles. The molecule has 1 aliphatic rings. The molecule has 2 N–H and O–H groups in total. The van der Waals surface area contributed by atoms with E-state index in [0.717, 1.165) is 19.3 Å². The number of primary amides is 1. The molecule has 0 bridgehead atoms. The predicted molar refractivity (Wildman–Crippen MR) is 89.9 cm³/mol. The maximum atomic E-state index is 12.8. The molecule has 128 valence electrons. The molecule has 1 fully saturated rings. The first-order chi connectivity index (χ1) is 11.4. The average Bonchev–Trinajstić information content (AvgIpc) is 3.05. The average molecular weight is 348 g/mol. The van der Waals surface area contributed by atoms with Gasteiger partial charge in [-0.25, -0.2) is 8.42 Å². The van der Waals surface area contributed by atoms with Crippen LogP contribution in [0.4, 0.5) is 0 Å². The Morgan fingerprint density at radius 3 is 2.46 bits per heavy atom. The van der Waals surface area contributed by atoms with Crippen molar-refractivity contribution in [2.45, 2.75) is 37.1 Å². The highest BCUT2D eigenvalue weighted by atomic mass is 32.2. The van der Waals surface area contributed by atoms with Crippen molar-refractivity contribution in [2.24, 2.45) is 5.73 Å². The number of hydrogen-bond donors (Lipinski definition) is 1. The zero-order valence-electron chi connectivity index (χ0n) is 13.4. The fourth-order valence-electron chi connectivity index (χ4n) is 2.98. The molecule has 0 saturated carbocycles. The first kappa shape index (κ1) is 16.7. The van der Waals surface area contributed by atoms with Crippen LogP contribution in [-0.4, -0.2) is 31.2 Å². The van der Waals surface area contributed by atoms with Gasteiger partial charge in [0.25, 0.3) is 5.91 Å². The van der Waals surface area contributed by atoms with Crippen molar-refractivity contribution in [3.8, 4) is 11.3 Å². The van der Waals surface area contributed by atoms with Gasteiger partial charge >= 0.3 is 0 Å². The molecule has 6 nitrogen and oxygen atoms in total. The molecule has 1 saturated heterocycles. The van der Waals surface area contributed by atoms with E-state index in [1.165, 1.54) is 6.07 Å². The van der Waals surface area contributed by atoms with E-state index in [1.807, 2.05) is 6.92 Å². The molecular weight excluding hydrogens is 328 g/mol. The minimum absolute atomic E-state index is 0.0200.